The third kappa shape index (κ3) is 2.33. The SMILES string of the molecule is O=c1n(CCCCCBr)nc2n1CCC2. The Hall–Kier alpha value is -0.580. The Morgan fingerprint density at radius 1 is 1.33 bits per heavy atom. The average Bonchev–Trinajstić information content (AvgIpc) is 2.78. The lowest BCUT2D eigenvalue weighted by Crippen LogP contribution is -2.24. The summed E-state index contributed by atoms with van der Waals surface area (Å²) in [5.74, 6) is 0.973. The van der Waals surface area contributed by atoms with Crippen LogP contribution < -0.4 is 5.69 Å². The molecule has 0 N–H and O–H groups in total. The predicted molar refractivity (Wildman–Crippen MR) is 62.5 cm³/mol. The zero-order valence-electron chi connectivity index (χ0n) is 8.78. The summed E-state index contributed by atoms with van der Waals surface area (Å²) in [5, 5.41) is 5.39. The van der Waals surface area contributed by atoms with Gasteiger partial charge in [0.05, 0.1) is 0 Å². The van der Waals surface area contributed by atoms with Crippen molar-refractivity contribution in [2.45, 2.75) is 45.2 Å². The molecular weight excluding hydrogens is 258 g/mol. The van der Waals surface area contributed by atoms with E-state index in [2.05, 4.69) is 21.0 Å². The Morgan fingerprint density at radius 3 is 2.93 bits per heavy atom. The Bertz CT molecular complexity index is 383. The third-order valence-electron chi connectivity index (χ3n) is 2.79. The van der Waals surface area contributed by atoms with Gasteiger partial charge in [-0.2, -0.15) is 5.10 Å². The van der Waals surface area contributed by atoms with Crippen LogP contribution in [0.5, 0.6) is 0 Å². The summed E-state index contributed by atoms with van der Waals surface area (Å²) >= 11 is 3.40. The average molecular weight is 274 g/mol. The van der Waals surface area contributed by atoms with Gasteiger partial charge >= 0.3 is 5.69 Å². The predicted octanol–water partition coefficient (Wildman–Crippen LogP) is 1.56. The molecule has 0 aliphatic carbocycles. The van der Waals surface area contributed by atoms with Gasteiger partial charge in [0.1, 0.15) is 5.82 Å². The summed E-state index contributed by atoms with van der Waals surface area (Å²) in [6, 6.07) is 0. The Labute approximate surface area is 97.4 Å². The molecule has 0 radical (unpaired) electrons. The van der Waals surface area contributed by atoms with Gasteiger partial charge in [-0.05, 0) is 19.3 Å². The van der Waals surface area contributed by atoms with Crippen LogP contribution in [0.2, 0.25) is 0 Å². The number of halogens is 1. The largest absolute Gasteiger partial charge is 0.345 e. The molecule has 0 atom stereocenters. The van der Waals surface area contributed by atoms with Crippen LogP contribution in [-0.2, 0) is 19.5 Å². The normalized spacial score (nSPS) is 14.5. The molecule has 84 valence electrons. The number of rotatable bonds is 5. The molecule has 1 aliphatic rings. The number of nitrogens with zero attached hydrogens (tertiary/aromatic N) is 3. The molecule has 0 saturated carbocycles. The number of alkyl halides is 1. The first kappa shape index (κ1) is 10.9. The molecule has 4 nitrogen and oxygen atoms in total. The monoisotopic (exact) mass is 273 g/mol. The van der Waals surface area contributed by atoms with Crippen LogP contribution in [0.3, 0.4) is 0 Å². The van der Waals surface area contributed by atoms with E-state index in [4.69, 9.17) is 0 Å². The lowest BCUT2D eigenvalue weighted by molar-refractivity contribution is 0.522. The smallest absolute Gasteiger partial charge is 0.279 e. The standard InChI is InChI=1S/C10H16BrN3O/c11-6-2-1-3-8-14-10(15)13-7-4-5-9(13)12-14/h1-8H2. The Morgan fingerprint density at radius 2 is 2.20 bits per heavy atom. The van der Waals surface area contributed by atoms with Gasteiger partial charge in [-0.3, -0.25) is 4.57 Å². The molecule has 2 heterocycles. The van der Waals surface area contributed by atoms with Crippen molar-refractivity contribution >= 4 is 15.9 Å². The van der Waals surface area contributed by atoms with E-state index < -0.39 is 0 Å². The number of aromatic nitrogens is 3. The second kappa shape index (κ2) is 4.96. The van der Waals surface area contributed by atoms with Gasteiger partial charge < -0.3 is 0 Å². The molecule has 0 saturated heterocycles. The molecule has 0 fully saturated rings. The van der Waals surface area contributed by atoms with Crippen LogP contribution in [0.4, 0.5) is 0 Å². The van der Waals surface area contributed by atoms with Crippen molar-refractivity contribution in [2.24, 2.45) is 0 Å². The number of hydrogen-bond acceptors (Lipinski definition) is 2. The topological polar surface area (TPSA) is 39.8 Å². The first-order valence-electron chi connectivity index (χ1n) is 5.55. The minimum absolute atomic E-state index is 0.0846. The van der Waals surface area contributed by atoms with E-state index >= 15 is 0 Å². The molecule has 0 bridgehead atoms. The zero-order chi connectivity index (χ0) is 10.7. The quantitative estimate of drug-likeness (QED) is 0.604. The van der Waals surface area contributed by atoms with Crippen LogP contribution in [0.15, 0.2) is 4.79 Å². The summed E-state index contributed by atoms with van der Waals surface area (Å²) in [4.78, 5) is 11.8. The summed E-state index contributed by atoms with van der Waals surface area (Å²) in [6.07, 6.45) is 5.40. The van der Waals surface area contributed by atoms with E-state index in [0.717, 1.165) is 49.9 Å². The highest BCUT2D eigenvalue weighted by molar-refractivity contribution is 9.09. The van der Waals surface area contributed by atoms with Crippen molar-refractivity contribution in [3.05, 3.63) is 16.3 Å². The highest BCUT2D eigenvalue weighted by Crippen LogP contribution is 2.08. The number of hydrogen-bond donors (Lipinski definition) is 0. The van der Waals surface area contributed by atoms with Gasteiger partial charge in [0, 0.05) is 24.8 Å². The molecule has 5 heteroatoms. The maximum atomic E-state index is 11.8. The molecule has 0 unspecified atom stereocenters. The summed E-state index contributed by atoms with van der Waals surface area (Å²) < 4.78 is 3.44. The second-order valence-electron chi connectivity index (χ2n) is 3.93. The van der Waals surface area contributed by atoms with Crippen molar-refractivity contribution in [1.29, 1.82) is 0 Å². The van der Waals surface area contributed by atoms with E-state index in [1.807, 2.05) is 4.57 Å². The van der Waals surface area contributed by atoms with Gasteiger partial charge in [0.15, 0.2) is 0 Å². The summed E-state index contributed by atoms with van der Waals surface area (Å²) in [6.45, 7) is 1.63. The van der Waals surface area contributed by atoms with E-state index in [-0.39, 0.29) is 5.69 Å². The van der Waals surface area contributed by atoms with Gasteiger partial charge in [-0.25, -0.2) is 9.48 Å². The van der Waals surface area contributed by atoms with Gasteiger partial charge in [-0.1, -0.05) is 22.4 Å². The van der Waals surface area contributed by atoms with Crippen LogP contribution >= 0.6 is 15.9 Å². The van der Waals surface area contributed by atoms with Crippen LogP contribution in [0.25, 0.3) is 0 Å². The maximum Gasteiger partial charge on any atom is 0.345 e. The van der Waals surface area contributed by atoms with Crippen LogP contribution in [0, 0.1) is 0 Å². The first-order valence-corrected chi connectivity index (χ1v) is 6.67. The number of fused-ring (bicyclic) bond motifs is 1. The molecule has 15 heavy (non-hydrogen) atoms. The molecular formula is C10H16BrN3O. The fraction of sp³-hybridized carbons (Fsp3) is 0.800. The van der Waals surface area contributed by atoms with Gasteiger partial charge in [0.25, 0.3) is 0 Å². The fourth-order valence-corrected chi connectivity index (χ4v) is 2.37. The molecule has 0 amide bonds. The number of aryl methyl sites for hydroxylation is 2. The van der Waals surface area contributed by atoms with Gasteiger partial charge in [-0.15, -0.1) is 0 Å². The molecule has 2 rings (SSSR count). The third-order valence-corrected chi connectivity index (χ3v) is 3.35. The minimum Gasteiger partial charge on any atom is -0.279 e. The fourth-order valence-electron chi connectivity index (χ4n) is 1.97. The van der Waals surface area contributed by atoms with E-state index in [0.29, 0.717) is 0 Å². The molecule has 0 aromatic carbocycles. The molecule has 1 aromatic heterocycles. The molecule has 1 aliphatic heterocycles. The first-order chi connectivity index (χ1) is 7.33. The van der Waals surface area contributed by atoms with Crippen LogP contribution in [0.1, 0.15) is 31.5 Å². The van der Waals surface area contributed by atoms with Crippen molar-refractivity contribution in [3.8, 4) is 0 Å². The van der Waals surface area contributed by atoms with Crippen molar-refractivity contribution in [2.75, 3.05) is 5.33 Å². The summed E-state index contributed by atoms with van der Waals surface area (Å²) in [7, 11) is 0. The lowest BCUT2D eigenvalue weighted by Gasteiger charge is -1.99. The minimum atomic E-state index is 0.0846. The van der Waals surface area contributed by atoms with E-state index in [1.165, 1.54) is 6.42 Å². The van der Waals surface area contributed by atoms with E-state index in [9.17, 15) is 4.79 Å². The Kier molecular flexibility index (Phi) is 3.61. The highest BCUT2D eigenvalue weighted by Gasteiger charge is 2.17. The van der Waals surface area contributed by atoms with Crippen molar-refractivity contribution in [1.82, 2.24) is 14.3 Å². The molecule has 0 spiro atoms. The van der Waals surface area contributed by atoms with Crippen molar-refractivity contribution in [3.63, 3.8) is 0 Å². The van der Waals surface area contributed by atoms with Gasteiger partial charge in [0.2, 0.25) is 0 Å². The maximum absolute atomic E-state index is 11.8. The zero-order valence-corrected chi connectivity index (χ0v) is 10.4. The lowest BCUT2D eigenvalue weighted by atomic mass is 10.2. The van der Waals surface area contributed by atoms with Crippen molar-refractivity contribution < 1.29 is 0 Å². The summed E-state index contributed by atoms with van der Waals surface area (Å²) in [5.41, 5.74) is 0.0846. The highest BCUT2D eigenvalue weighted by atomic mass is 79.9. The van der Waals surface area contributed by atoms with Crippen LogP contribution in [-0.4, -0.2) is 19.7 Å². The van der Waals surface area contributed by atoms with E-state index in [1.54, 1.807) is 4.68 Å². The molecule has 1 aromatic rings. The second-order valence-corrected chi connectivity index (χ2v) is 4.72. The Balaban J connectivity index is 1.95. The number of unbranched alkanes of at least 4 members (excludes halogenated alkanes) is 2.